The Morgan fingerprint density at radius 1 is 1.43 bits per heavy atom. The minimum Gasteiger partial charge on any atom is -0.496 e. The summed E-state index contributed by atoms with van der Waals surface area (Å²) in [5, 5.41) is 13.3. The second-order valence-corrected chi connectivity index (χ2v) is 5.00. The third kappa shape index (κ3) is 2.20. The van der Waals surface area contributed by atoms with Crippen molar-refractivity contribution >= 4 is 11.9 Å². The summed E-state index contributed by atoms with van der Waals surface area (Å²) in [6.07, 6.45) is 1.14. The van der Waals surface area contributed by atoms with E-state index in [1.807, 2.05) is 24.3 Å². The lowest BCUT2D eigenvalue weighted by Gasteiger charge is -2.27. The molecule has 0 fully saturated rings. The number of ether oxygens (including phenoxy) is 1. The molecule has 0 bridgehead atoms. The van der Waals surface area contributed by atoms with Crippen LogP contribution in [0, 0.1) is 0 Å². The molecular formula is C14H16N4O3. The van der Waals surface area contributed by atoms with Gasteiger partial charge in [0, 0.05) is 11.5 Å². The molecule has 1 aromatic carbocycles. The minimum atomic E-state index is -0.917. The first-order chi connectivity index (χ1) is 10.1. The Morgan fingerprint density at radius 3 is 2.90 bits per heavy atom. The van der Waals surface area contributed by atoms with Crippen LogP contribution in [0.1, 0.15) is 36.2 Å². The van der Waals surface area contributed by atoms with Crippen LogP contribution in [0.3, 0.4) is 0 Å². The van der Waals surface area contributed by atoms with Gasteiger partial charge in [-0.1, -0.05) is 18.2 Å². The van der Waals surface area contributed by atoms with E-state index in [-0.39, 0.29) is 11.9 Å². The summed E-state index contributed by atoms with van der Waals surface area (Å²) in [7, 11) is 1.61. The van der Waals surface area contributed by atoms with Crippen molar-refractivity contribution in [3.63, 3.8) is 0 Å². The summed E-state index contributed by atoms with van der Waals surface area (Å²) in [6, 6.07) is 6.94. The first-order valence-electron chi connectivity index (χ1n) is 6.69. The Balaban J connectivity index is 2.09. The highest BCUT2D eigenvalue weighted by atomic mass is 16.5. The van der Waals surface area contributed by atoms with Crippen LogP contribution in [0.2, 0.25) is 0 Å². The number of benzene rings is 1. The molecule has 2 unspecified atom stereocenters. The number of anilines is 1. The molecular weight excluding hydrogens is 272 g/mol. The highest BCUT2D eigenvalue weighted by Gasteiger charge is 2.35. The third-order valence-electron chi connectivity index (χ3n) is 3.81. The van der Waals surface area contributed by atoms with Crippen molar-refractivity contribution in [2.45, 2.75) is 24.8 Å². The molecule has 7 nitrogen and oxygen atoms in total. The molecule has 1 aromatic heterocycles. The van der Waals surface area contributed by atoms with Crippen molar-refractivity contribution in [2.24, 2.45) is 0 Å². The molecule has 0 amide bonds. The first-order valence-corrected chi connectivity index (χ1v) is 6.69. The van der Waals surface area contributed by atoms with E-state index in [0.29, 0.717) is 18.7 Å². The molecule has 2 heterocycles. The number of hydrogen-bond donors (Lipinski definition) is 2. The lowest BCUT2D eigenvalue weighted by Crippen LogP contribution is -2.28. The van der Waals surface area contributed by atoms with Crippen LogP contribution >= 0.6 is 0 Å². The molecule has 0 aliphatic carbocycles. The van der Waals surface area contributed by atoms with Gasteiger partial charge in [0.1, 0.15) is 11.6 Å². The number of hydrogen-bond acceptors (Lipinski definition) is 5. The fraction of sp³-hybridized carbons (Fsp3) is 0.357. The van der Waals surface area contributed by atoms with Gasteiger partial charge < -0.3 is 15.6 Å². The Morgan fingerprint density at radius 2 is 2.19 bits per heavy atom. The highest BCUT2D eigenvalue weighted by molar-refractivity contribution is 5.72. The topological polar surface area (TPSA) is 103 Å². The normalized spacial score (nSPS) is 20.8. The third-order valence-corrected chi connectivity index (χ3v) is 3.81. The lowest BCUT2D eigenvalue weighted by molar-refractivity contribution is -0.141. The molecule has 7 heteroatoms. The maximum Gasteiger partial charge on any atom is 0.328 e. The summed E-state index contributed by atoms with van der Waals surface area (Å²) in [5.74, 6) is 0.444. The quantitative estimate of drug-likeness (QED) is 0.885. The molecule has 1 aliphatic rings. The second-order valence-electron chi connectivity index (χ2n) is 5.00. The maximum atomic E-state index is 11.3. The van der Waals surface area contributed by atoms with Crippen LogP contribution in [0.15, 0.2) is 24.3 Å². The molecule has 1 aliphatic heterocycles. The minimum absolute atomic E-state index is 0.0680. The number of carboxylic acids is 1. The molecule has 110 valence electrons. The number of rotatable bonds is 3. The van der Waals surface area contributed by atoms with Crippen LogP contribution in [-0.4, -0.2) is 33.0 Å². The average molecular weight is 288 g/mol. The molecule has 2 atom stereocenters. The van der Waals surface area contributed by atoms with Crippen molar-refractivity contribution in [1.29, 1.82) is 0 Å². The highest BCUT2D eigenvalue weighted by Crippen LogP contribution is 2.40. The van der Waals surface area contributed by atoms with Crippen LogP contribution in [0.5, 0.6) is 5.75 Å². The predicted octanol–water partition coefficient (Wildman–Crippen LogP) is 1.42. The van der Waals surface area contributed by atoms with Gasteiger partial charge in [0.15, 0.2) is 6.04 Å². The Kier molecular flexibility index (Phi) is 3.25. The van der Waals surface area contributed by atoms with E-state index in [1.54, 1.807) is 7.11 Å². The lowest BCUT2D eigenvalue weighted by atomic mass is 9.88. The van der Waals surface area contributed by atoms with Crippen molar-refractivity contribution in [2.75, 3.05) is 12.8 Å². The van der Waals surface area contributed by atoms with Gasteiger partial charge >= 0.3 is 5.97 Å². The van der Waals surface area contributed by atoms with Gasteiger partial charge in [-0.2, -0.15) is 4.98 Å². The SMILES string of the molecule is COc1ccccc1C1CCC(C(=O)O)n2nc(N)nc21. The van der Waals surface area contributed by atoms with E-state index in [0.717, 1.165) is 11.3 Å². The molecule has 3 rings (SSSR count). The number of aliphatic carboxylic acids is 1. The van der Waals surface area contributed by atoms with Gasteiger partial charge in [0.05, 0.1) is 7.11 Å². The summed E-state index contributed by atoms with van der Waals surface area (Å²) >= 11 is 0. The molecule has 0 saturated heterocycles. The van der Waals surface area contributed by atoms with Gasteiger partial charge in [0.2, 0.25) is 5.95 Å². The molecule has 0 radical (unpaired) electrons. The Labute approximate surface area is 121 Å². The monoisotopic (exact) mass is 288 g/mol. The zero-order chi connectivity index (χ0) is 15.0. The average Bonchev–Trinajstić information content (AvgIpc) is 2.87. The largest absolute Gasteiger partial charge is 0.496 e. The zero-order valence-corrected chi connectivity index (χ0v) is 11.6. The van der Waals surface area contributed by atoms with Crippen LogP contribution in [0.25, 0.3) is 0 Å². The van der Waals surface area contributed by atoms with Gasteiger partial charge in [0.25, 0.3) is 0 Å². The number of fused-ring (bicyclic) bond motifs is 1. The number of para-hydroxylation sites is 1. The van der Waals surface area contributed by atoms with Crippen molar-refractivity contribution in [1.82, 2.24) is 14.8 Å². The van der Waals surface area contributed by atoms with Gasteiger partial charge in [-0.05, 0) is 18.9 Å². The number of carbonyl (C=O) groups is 1. The van der Waals surface area contributed by atoms with Crippen molar-refractivity contribution in [3.8, 4) is 5.75 Å². The van der Waals surface area contributed by atoms with E-state index in [9.17, 15) is 9.90 Å². The number of nitrogen functional groups attached to an aromatic ring is 1. The van der Waals surface area contributed by atoms with Gasteiger partial charge in [-0.25, -0.2) is 9.48 Å². The maximum absolute atomic E-state index is 11.3. The fourth-order valence-electron chi connectivity index (χ4n) is 2.87. The fourth-order valence-corrected chi connectivity index (χ4v) is 2.87. The van der Waals surface area contributed by atoms with Gasteiger partial charge in [-0.15, -0.1) is 5.10 Å². The Hall–Kier alpha value is -2.57. The van der Waals surface area contributed by atoms with E-state index in [4.69, 9.17) is 10.5 Å². The Bertz CT molecular complexity index is 683. The summed E-state index contributed by atoms with van der Waals surface area (Å²) in [5.41, 5.74) is 6.63. The second kappa shape index (κ2) is 5.08. The molecule has 2 aromatic rings. The summed E-state index contributed by atoms with van der Waals surface area (Å²) in [6.45, 7) is 0. The van der Waals surface area contributed by atoms with Crippen LogP contribution < -0.4 is 10.5 Å². The number of nitrogens with zero attached hydrogens (tertiary/aromatic N) is 3. The smallest absolute Gasteiger partial charge is 0.328 e. The molecule has 0 saturated carbocycles. The van der Waals surface area contributed by atoms with E-state index in [2.05, 4.69) is 10.1 Å². The number of carboxylic acid groups (broad SMARTS) is 1. The van der Waals surface area contributed by atoms with E-state index < -0.39 is 12.0 Å². The number of aromatic nitrogens is 3. The van der Waals surface area contributed by atoms with Crippen LogP contribution in [-0.2, 0) is 4.79 Å². The van der Waals surface area contributed by atoms with E-state index in [1.165, 1.54) is 4.68 Å². The summed E-state index contributed by atoms with van der Waals surface area (Å²) < 4.78 is 6.82. The number of methoxy groups -OCH3 is 1. The van der Waals surface area contributed by atoms with Gasteiger partial charge in [-0.3, -0.25) is 0 Å². The van der Waals surface area contributed by atoms with Crippen LogP contribution in [0.4, 0.5) is 5.95 Å². The van der Waals surface area contributed by atoms with Crippen molar-refractivity contribution < 1.29 is 14.6 Å². The summed E-state index contributed by atoms with van der Waals surface area (Å²) in [4.78, 5) is 15.6. The molecule has 21 heavy (non-hydrogen) atoms. The van der Waals surface area contributed by atoms with Crippen molar-refractivity contribution in [3.05, 3.63) is 35.7 Å². The predicted molar refractivity (Wildman–Crippen MR) is 75.2 cm³/mol. The number of nitrogens with two attached hydrogens (primary N) is 1. The molecule has 0 spiro atoms. The molecule has 3 N–H and O–H groups in total. The van der Waals surface area contributed by atoms with E-state index >= 15 is 0 Å². The standard InChI is InChI=1S/C14H16N4O3/c1-21-11-5-3-2-4-8(11)9-6-7-10(13(19)20)18-12(9)16-14(15)17-18/h2-5,9-10H,6-7H2,1H3,(H2,15,17)(H,19,20). The zero-order valence-electron chi connectivity index (χ0n) is 11.6. The first kappa shape index (κ1) is 13.4.